The van der Waals surface area contributed by atoms with Crippen LogP contribution in [0.2, 0.25) is 0 Å². The first kappa shape index (κ1) is 75.3. The maximum atomic E-state index is 15.0. The van der Waals surface area contributed by atoms with Crippen LogP contribution < -0.4 is 64.6 Å². The number of primary amides is 1. The number of carbonyl (C=O) groups excluding carboxylic acids is 11. The van der Waals surface area contributed by atoms with Gasteiger partial charge in [-0.1, -0.05) is 106 Å². The number of aliphatic carboxylic acids is 1. The number of hydrogen-bond donors (Lipinski definition) is 15. The van der Waals surface area contributed by atoms with Gasteiger partial charge in [-0.25, -0.2) is 0 Å². The smallest absolute Gasteiger partial charge is 0.305 e. The molecule has 0 saturated carbocycles. The Morgan fingerprint density at radius 3 is 1.96 bits per heavy atom. The number of amides is 11. The molecule has 31 heteroatoms. The Kier molecular flexibility index (Phi) is 30.2. The Morgan fingerprint density at radius 2 is 1.33 bits per heavy atom. The third-order valence-electron chi connectivity index (χ3n) is 15.4. The van der Waals surface area contributed by atoms with Gasteiger partial charge in [0.25, 0.3) is 0 Å². The first-order valence-electron chi connectivity index (χ1n) is 30.7. The van der Waals surface area contributed by atoms with Gasteiger partial charge in [0.2, 0.25) is 65.0 Å². The molecule has 2 aliphatic rings. The van der Waals surface area contributed by atoms with Crippen molar-refractivity contribution in [3.8, 4) is 5.75 Å². The standard InChI is InChI=1S/C62H88N14O15S2/c1-33(2)51(63)61(90)72-44(25-37-17-19-40(78)20-18-37)56(85)73-46-31-92-93-32-47(59(88)69-42(53(64)82)26-39-10-7-21-65-28-39)74-55(84)43(24-36-13-15-38(30-77)16-14-36)71-60(89)48-12-9-23-76(48)49(79)29-67-62(91)52(34(3)4)75-57(86)45(27-50(80)81)70-54(83)41(68-58(46)87)11-8-22-66-35(5)6/h7,10,13-21,28,33-35,41-48,51-52,66,77-78H,8-9,11-12,22-27,29-32,63H2,1-6H3,(H2,64,82)(H,67,91)(H,68,87)(H,69,88)(H,70,83)(H,71,89)(H,72,90)(H,73,85)(H,74,84)(H,75,86)(H,80,81)/t41-,42-,43-,44-,45-,46-,47-,48-,51-,52-/m0/s1. The number of aliphatic hydroxyl groups is 1. The first-order valence-corrected chi connectivity index (χ1v) is 33.2. The second-order valence-electron chi connectivity index (χ2n) is 23.8. The number of benzene rings is 2. The highest BCUT2D eigenvalue weighted by atomic mass is 33.1. The third kappa shape index (κ3) is 24.5. The van der Waals surface area contributed by atoms with E-state index in [1.165, 1.54) is 41.6 Å². The van der Waals surface area contributed by atoms with E-state index in [9.17, 15) is 72.9 Å². The van der Waals surface area contributed by atoms with Gasteiger partial charge >= 0.3 is 5.97 Å². The van der Waals surface area contributed by atoms with E-state index in [0.717, 1.165) is 21.6 Å². The van der Waals surface area contributed by atoms with Gasteiger partial charge in [0, 0.05) is 55.7 Å². The Morgan fingerprint density at radius 1 is 0.710 bits per heavy atom. The van der Waals surface area contributed by atoms with Crippen LogP contribution in [0.25, 0.3) is 0 Å². The van der Waals surface area contributed by atoms with E-state index in [1.807, 2.05) is 13.8 Å². The normalized spacial score (nSPS) is 22.0. The van der Waals surface area contributed by atoms with Crippen molar-refractivity contribution < 1.29 is 72.9 Å². The number of nitrogens with two attached hydrogens (primary N) is 2. The van der Waals surface area contributed by atoms with Crippen molar-refractivity contribution in [1.82, 2.24) is 63.1 Å². The van der Waals surface area contributed by atoms with Crippen LogP contribution in [-0.2, 0) is 83.4 Å². The summed E-state index contributed by atoms with van der Waals surface area (Å²) in [7, 11) is 1.81. The molecular formula is C62H88N14O15S2. The Labute approximate surface area is 547 Å². The minimum absolute atomic E-state index is 0.0125. The molecule has 2 aliphatic heterocycles. The van der Waals surface area contributed by atoms with Crippen LogP contribution >= 0.6 is 21.6 Å². The number of carboxylic acids is 1. The molecule has 11 amide bonds. The fourth-order valence-electron chi connectivity index (χ4n) is 9.93. The van der Waals surface area contributed by atoms with E-state index in [2.05, 4.69) is 58.2 Å². The number of fused-ring (bicyclic) bond motifs is 1. The van der Waals surface area contributed by atoms with Crippen molar-refractivity contribution in [1.29, 1.82) is 0 Å². The van der Waals surface area contributed by atoms with Crippen molar-refractivity contribution >= 4 is 92.5 Å². The van der Waals surface area contributed by atoms with E-state index < -0.39 is 150 Å². The van der Waals surface area contributed by atoms with E-state index in [4.69, 9.17) is 11.5 Å². The largest absolute Gasteiger partial charge is 0.508 e. The zero-order chi connectivity index (χ0) is 68.5. The van der Waals surface area contributed by atoms with Crippen molar-refractivity contribution in [3.63, 3.8) is 0 Å². The van der Waals surface area contributed by atoms with Crippen LogP contribution in [0.5, 0.6) is 5.75 Å². The SMILES string of the molecule is CC(C)NCCC[C@@H]1NC(=O)[C@@H](NC(=O)[C@H](Cc2ccc(O)cc2)NC(=O)[C@@H](N)C(C)C)CSSC[C@@H](C(=O)N[C@@H](Cc2cccnc2)C(N)=O)NC(=O)[C@H](Cc2ccc(CO)cc2)NC(=O)[C@@H]2CCCN2C(=O)CNC(=O)[C@H](C(C)C)NC(=O)[C@H](CC(=O)O)NC1=O. The van der Waals surface area contributed by atoms with Gasteiger partial charge in [-0.2, -0.15) is 0 Å². The van der Waals surface area contributed by atoms with Crippen LogP contribution in [0.3, 0.4) is 0 Å². The average molecular weight is 1330 g/mol. The molecule has 0 spiro atoms. The highest BCUT2D eigenvalue weighted by Crippen LogP contribution is 2.25. The molecular weight excluding hydrogens is 1240 g/mol. The maximum Gasteiger partial charge on any atom is 0.305 e. The fraction of sp³-hybridized carbons (Fsp3) is 0.532. The van der Waals surface area contributed by atoms with Gasteiger partial charge in [-0.15, -0.1) is 0 Å². The summed E-state index contributed by atoms with van der Waals surface area (Å²) in [5.41, 5.74) is 14.1. The lowest BCUT2D eigenvalue weighted by Crippen LogP contribution is -2.61. The highest BCUT2D eigenvalue weighted by Gasteiger charge is 2.39. The Hall–Kier alpha value is -8.39. The minimum atomic E-state index is -1.85. The van der Waals surface area contributed by atoms with Gasteiger partial charge in [-0.05, 0) is 84.5 Å². The molecule has 10 atom stereocenters. The summed E-state index contributed by atoms with van der Waals surface area (Å²) in [6, 6.07) is 0.948. The van der Waals surface area contributed by atoms with Crippen LogP contribution in [-0.4, -0.2) is 194 Å². The number of carbonyl (C=O) groups is 12. The molecule has 29 nitrogen and oxygen atoms in total. The summed E-state index contributed by atoms with van der Waals surface area (Å²) in [6.45, 7) is 9.67. The number of rotatable bonds is 23. The van der Waals surface area contributed by atoms with Crippen LogP contribution in [0.1, 0.15) is 95.9 Å². The number of phenolic OH excluding ortho intramolecular Hbond substituents is 1. The van der Waals surface area contributed by atoms with Crippen molar-refractivity contribution in [3.05, 3.63) is 95.3 Å². The van der Waals surface area contributed by atoms with Gasteiger partial charge in [0.1, 0.15) is 60.1 Å². The Balaban J connectivity index is 1.63. The summed E-state index contributed by atoms with van der Waals surface area (Å²) in [6.07, 6.45) is 2.02. The molecule has 3 aromatic rings. The molecule has 17 N–H and O–H groups in total. The Bertz CT molecular complexity index is 3070. The highest BCUT2D eigenvalue weighted by molar-refractivity contribution is 8.76. The quantitative estimate of drug-likeness (QED) is 0.0363. The van der Waals surface area contributed by atoms with Crippen molar-refractivity contribution in [2.45, 2.75) is 166 Å². The number of aromatic nitrogens is 1. The zero-order valence-electron chi connectivity index (χ0n) is 52.9. The van der Waals surface area contributed by atoms with Crippen molar-refractivity contribution in [2.24, 2.45) is 23.3 Å². The second kappa shape index (κ2) is 37.3. The first-order chi connectivity index (χ1) is 44.1. The summed E-state index contributed by atoms with van der Waals surface area (Å²) < 4.78 is 0. The minimum Gasteiger partial charge on any atom is -0.508 e. The number of nitrogens with one attached hydrogen (secondary N) is 10. The monoisotopic (exact) mass is 1330 g/mol. The van der Waals surface area contributed by atoms with Crippen molar-refractivity contribution in [2.75, 3.05) is 31.1 Å². The van der Waals surface area contributed by atoms with E-state index in [-0.39, 0.29) is 80.9 Å². The fourth-order valence-corrected chi connectivity index (χ4v) is 12.3. The number of nitrogens with zero attached hydrogens (tertiary/aromatic N) is 2. The van der Waals surface area contributed by atoms with Crippen LogP contribution in [0, 0.1) is 11.8 Å². The van der Waals surface area contributed by atoms with E-state index in [0.29, 0.717) is 35.2 Å². The topological polar surface area (TPSA) is 454 Å². The molecule has 3 heterocycles. The zero-order valence-corrected chi connectivity index (χ0v) is 54.6. The lowest BCUT2D eigenvalue weighted by Gasteiger charge is -2.29. The second-order valence-corrected chi connectivity index (χ2v) is 26.4. The van der Waals surface area contributed by atoms with E-state index in [1.54, 1.807) is 64.1 Å². The summed E-state index contributed by atoms with van der Waals surface area (Å²) >= 11 is 0. The molecule has 508 valence electrons. The molecule has 2 saturated heterocycles. The lowest BCUT2D eigenvalue weighted by atomic mass is 10.0. The molecule has 0 aliphatic carbocycles. The summed E-state index contributed by atoms with van der Waals surface area (Å²) in [4.78, 5) is 175. The number of phenols is 1. The molecule has 2 aromatic carbocycles. The third-order valence-corrected chi connectivity index (χ3v) is 17.8. The van der Waals surface area contributed by atoms with Gasteiger partial charge in [-0.3, -0.25) is 62.5 Å². The van der Waals surface area contributed by atoms with Crippen LogP contribution in [0.4, 0.5) is 0 Å². The van der Waals surface area contributed by atoms with Crippen LogP contribution in [0.15, 0.2) is 73.1 Å². The molecule has 5 rings (SSSR count). The molecule has 0 radical (unpaired) electrons. The predicted octanol–water partition coefficient (Wildman–Crippen LogP) is -1.93. The molecule has 0 unspecified atom stereocenters. The molecule has 2 fully saturated rings. The predicted molar refractivity (Wildman–Crippen MR) is 345 cm³/mol. The van der Waals surface area contributed by atoms with Gasteiger partial charge < -0.3 is 84.9 Å². The average Bonchev–Trinajstić information content (AvgIpc) is 1.88. The molecule has 93 heavy (non-hydrogen) atoms. The molecule has 0 bridgehead atoms. The number of carboxylic acid groups (broad SMARTS) is 1. The number of hydrogen-bond acceptors (Lipinski definition) is 19. The summed E-state index contributed by atoms with van der Waals surface area (Å²) in [5.74, 6) is -13.3. The molecule has 1 aromatic heterocycles. The maximum absolute atomic E-state index is 15.0. The summed E-state index contributed by atoms with van der Waals surface area (Å²) in [5, 5.41) is 56.6. The lowest BCUT2D eigenvalue weighted by molar-refractivity contribution is -0.142. The van der Waals surface area contributed by atoms with Gasteiger partial charge in [0.15, 0.2) is 0 Å². The van der Waals surface area contributed by atoms with Gasteiger partial charge in [0.05, 0.1) is 25.6 Å². The van der Waals surface area contributed by atoms with E-state index >= 15 is 0 Å². The number of aliphatic hydroxyl groups excluding tert-OH is 1. The number of aromatic hydroxyl groups is 1. The number of pyridine rings is 1.